The zero-order valence-corrected chi connectivity index (χ0v) is 18.1. The number of amides is 1. The maximum absolute atomic E-state index is 14.0. The van der Waals surface area contributed by atoms with Crippen LogP contribution in [0.25, 0.3) is 16.6 Å². The number of hydrogen-bond acceptors (Lipinski definition) is 5. The van der Waals surface area contributed by atoms with Crippen molar-refractivity contribution in [3.05, 3.63) is 31.0 Å². The fourth-order valence-electron chi connectivity index (χ4n) is 5.70. The van der Waals surface area contributed by atoms with Gasteiger partial charge in [0, 0.05) is 54.6 Å². The molecule has 3 aromatic rings. The van der Waals surface area contributed by atoms with Crippen LogP contribution in [0.4, 0.5) is 19.0 Å². The topological polar surface area (TPSA) is 71.6 Å². The van der Waals surface area contributed by atoms with Gasteiger partial charge in [-0.15, -0.1) is 0 Å². The van der Waals surface area contributed by atoms with Crippen LogP contribution in [0, 0.1) is 5.92 Å². The molecule has 0 spiro atoms. The molecule has 6 rings (SSSR count). The van der Waals surface area contributed by atoms with E-state index in [1.165, 1.54) is 18.7 Å². The van der Waals surface area contributed by atoms with E-state index in [1.807, 2.05) is 11.0 Å². The first-order chi connectivity index (χ1) is 15.8. The molecule has 1 saturated carbocycles. The number of halogens is 3. The molecule has 33 heavy (non-hydrogen) atoms. The van der Waals surface area contributed by atoms with Crippen molar-refractivity contribution >= 4 is 17.2 Å². The molecule has 2 bridgehead atoms. The summed E-state index contributed by atoms with van der Waals surface area (Å²) in [5.41, 5.74) is 0.845. The normalized spacial score (nSPS) is 29.2. The molecule has 2 unspecified atom stereocenters. The number of carbonyl (C=O) groups excluding carboxylic acids is 1. The van der Waals surface area contributed by atoms with Gasteiger partial charge in [0.2, 0.25) is 5.91 Å². The van der Waals surface area contributed by atoms with Gasteiger partial charge in [-0.3, -0.25) is 4.79 Å². The number of aromatic nitrogens is 5. The number of anilines is 1. The third-order valence-corrected chi connectivity index (χ3v) is 7.25. The van der Waals surface area contributed by atoms with Crippen LogP contribution in [0.15, 0.2) is 31.0 Å². The Morgan fingerprint density at radius 1 is 1.12 bits per heavy atom. The standard InChI is InChI=1S/C22H24F3N7O/c1-22(25)5-14(6-22)20(33)32-16-2-3-17(32)11-29(10-16)19-18-4-13(8-30(18)28-12-26-19)15-7-27-31(9-15)21(23)24/h4,7-9,12,14,16-17,21H,2-3,5-6,10-11H2,1H3. The second-order valence-electron chi connectivity index (χ2n) is 9.68. The number of hydrogen-bond donors (Lipinski definition) is 0. The highest BCUT2D eigenvalue weighted by Crippen LogP contribution is 2.44. The Morgan fingerprint density at radius 3 is 2.48 bits per heavy atom. The van der Waals surface area contributed by atoms with E-state index in [9.17, 15) is 18.0 Å². The van der Waals surface area contributed by atoms with Crippen molar-refractivity contribution in [2.24, 2.45) is 5.92 Å². The first-order valence-corrected chi connectivity index (χ1v) is 11.2. The average Bonchev–Trinajstić information content (AvgIpc) is 3.46. The van der Waals surface area contributed by atoms with Crippen LogP contribution < -0.4 is 4.90 Å². The minimum absolute atomic E-state index is 0.0800. The van der Waals surface area contributed by atoms with Crippen molar-refractivity contribution < 1.29 is 18.0 Å². The molecule has 2 aliphatic heterocycles. The number of alkyl halides is 3. The Kier molecular flexibility index (Phi) is 4.47. The Labute approximate surface area is 188 Å². The fourth-order valence-corrected chi connectivity index (χ4v) is 5.70. The summed E-state index contributed by atoms with van der Waals surface area (Å²) in [6.45, 7) is 0.171. The molecule has 0 aromatic carbocycles. The highest BCUT2D eigenvalue weighted by molar-refractivity contribution is 5.82. The third-order valence-electron chi connectivity index (χ3n) is 7.25. The minimum Gasteiger partial charge on any atom is -0.351 e. The lowest BCUT2D eigenvalue weighted by Gasteiger charge is -2.46. The summed E-state index contributed by atoms with van der Waals surface area (Å²) in [6.07, 6.45) is 8.43. The molecule has 1 amide bonds. The minimum atomic E-state index is -2.70. The van der Waals surface area contributed by atoms with Crippen LogP contribution in [0.1, 0.15) is 39.2 Å². The van der Waals surface area contributed by atoms with E-state index in [0.717, 1.165) is 29.7 Å². The molecule has 3 fully saturated rings. The van der Waals surface area contributed by atoms with Gasteiger partial charge in [-0.2, -0.15) is 19.0 Å². The maximum Gasteiger partial charge on any atom is 0.333 e. The molecule has 3 aliphatic rings. The van der Waals surface area contributed by atoms with Crippen molar-refractivity contribution in [3.63, 3.8) is 0 Å². The summed E-state index contributed by atoms with van der Waals surface area (Å²) in [5.74, 6) is 0.635. The summed E-state index contributed by atoms with van der Waals surface area (Å²) in [7, 11) is 0. The zero-order chi connectivity index (χ0) is 22.9. The molecule has 0 radical (unpaired) electrons. The first kappa shape index (κ1) is 20.5. The number of carbonyl (C=O) groups is 1. The van der Waals surface area contributed by atoms with Crippen LogP contribution in [-0.2, 0) is 4.79 Å². The average molecular weight is 459 g/mol. The van der Waals surface area contributed by atoms with Gasteiger partial charge < -0.3 is 9.80 Å². The first-order valence-electron chi connectivity index (χ1n) is 11.2. The Morgan fingerprint density at radius 2 is 1.85 bits per heavy atom. The van der Waals surface area contributed by atoms with E-state index in [-0.39, 0.29) is 23.9 Å². The predicted molar refractivity (Wildman–Crippen MR) is 114 cm³/mol. The molecule has 8 nitrogen and oxygen atoms in total. The van der Waals surface area contributed by atoms with E-state index >= 15 is 0 Å². The summed E-state index contributed by atoms with van der Waals surface area (Å²) in [6, 6.07) is 2.03. The molecule has 2 atom stereocenters. The molecule has 11 heteroatoms. The van der Waals surface area contributed by atoms with Gasteiger partial charge in [0.05, 0.1) is 6.20 Å². The Bertz CT molecular complexity index is 1200. The fraction of sp³-hybridized carbons (Fsp3) is 0.545. The third kappa shape index (κ3) is 3.36. The van der Waals surface area contributed by atoms with Crippen LogP contribution in [-0.4, -0.2) is 66.0 Å². The number of fused-ring (bicyclic) bond motifs is 3. The van der Waals surface area contributed by atoms with Gasteiger partial charge >= 0.3 is 6.55 Å². The largest absolute Gasteiger partial charge is 0.351 e. The maximum atomic E-state index is 14.0. The Hall–Kier alpha value is -3.11. The van der Waals surface area contributed by atoms with E-state index in [1.54, 1.807) is 17.6 Å². The van der Waals surface area contributed by atoms with Gasteiger partial charge in [0.15, 0.2) is 5.82 Å². The lowest BCUT2D eigenvalue weighted by Crippen LogP contribution is -2.59. The van der Waals surface area contributed by atoms with Crippen molar-refractivity contribution in [1.82, 2.24) is 29.3 Å². The highest BCUT2D eigenvalue weighted by Gasteiger charge is 2.50. The summed E-state index contributed by atoms with van der Waals surface area (Å²) in [5, 5.41) is 7.99. The Balaban J connectivity index is 1.25. The zero-order valence-electron chi connectivity index (χ0n) is 18.1. The van der Waals surface area contributed by atoms with Gasteiger partial charge in [0.25, 0.3) is 0 Å². The lowest BCUT2D eigenvalue weighted by atomic mass is 9.72. The molecular formula is C22H24F3N7O. The smallest absolute Gasteiger partial charge is 0.333 e. The predicted octanol–water partition coefficient (Wildman–Crippen LogP) is 3.31. The summed E-state index contributed by atoms with van der Waals surface area (Å²) < 4.78 is 42.1. The van der Waals surface area contributed by atoms with Gasteiger partial charge in [-0.1, -0.05) is 0 Å². The van der Waals surface area contributed by atoms with Gasteiger partial charge in [-0.25, -0.2) is 18.6 Å². The number of piperazine rings is 1. The molecule has 174 valence electrons. The molecule has 0 N–H and O–H groups in total. The van der Waals surface area contributed by atoms with Gasteiger partial charge in [-0.05, 0) is 38.7 Å². The van der Waals surface area contributed by atoms with Crippen molar-refractivity contribution in [3.8, 4) is 11.1 Å². The quantitative estimate of drug-likeness (QED) is 0.599. The van der Waals surface area contributed by atoms with Crippen LogP contribution in [0.3, 0.4) is 0 Å². The van der Waals surface area contributed by atoms with Crippen LogP contribution in [0.2, 0.25) is 0 Å². The van der Waals surface area contributed by atoms with Crippen molar-refractivity contribution in [1.29, 1.82) is 0 Å². The van der Waals surface area contributed by atoms with Gasteiger partial charge in [0.1, 0.15) is 17.5 Å². The van der Waals surface area contributed by atoms with Crippen LogP contribution in [0.5, 0.6) is 0 Å². The number of nitrogens with zero attached hydrogens (tertiary/aromatic N) is 7. The highest BCUT2D eigenvalue weighted by atomic mass is 19.3. The molecule has 5 heterocycles. The second kappa shape index (κ2) is 7.19. The second-order valence-corrected chi connectivity index (χ2v) is 9.68. The summed E-state index contributed by atoms with van der Waals surface area (Å²) >= 11 is 0. The van der Waals surface area contributed by atoms with Crippen molar-refractivity contribution in [2.75, 3.05) is 18.0 Å². The summed E-state index contributed by atoms with van der Waals surface area (Å²) in [4.78, 5) is 21.7. The van der Waals surface area contributed by atoms with Crippen molar-refractivity contribution in [2.45, 2.75) is 56.9 Å². The van der Waals surface area contributed by atoms with E-state index in [4.69, 9.17) is 0 Å². The van der Waals surface area contributed by atoms with E-state index < -0.39 is 12.2 Å². The molecular weight excluding hydrogens is 435 g/mol. The van der Waals surface area contributed by atoms with E-state index in [2.05, 4.69) is 20.1 Å². The molecule has 2 saturated heterocycles. The number of rotatable bonds is 4. The molecule has 1 aliphatic carbocycles. The monoisotopic (exact) mass is 459 g/mol. The molecule has 3 aromatic heterocycles. The lowest BCUT2D eigenvalue weighted by molar-refractivity contribution is -0.147. The SMILES string of the molecule is CC1(F)CC(C(=O)N2C3CCC2CN(c2ncnn4cc(-c5cnn(C(F)F)c5)cc24)C3)C1. The van der Waals surface area contributed by atoms with Crippen LogP contribution >= 0.6 is 0 Å². The van der Waals surface area contributed by atoms with E-state index in [0.29, 0.717) is 36.2 Å².